The normalized spacial score (nSPS) is 11.2. The fourth-order valence-corrected chi connectivity index (χ4v) is 8.22. The summed E-state index contributed by atoms with van der Waals surface area (Å²) in [7, 11) is 0. The van der Waals surface area contributed by atoms with E-state index in [1.54, 1.807) is 73.3 Å². The van der Waals surface area contributed by atoms with Crippen molar-refractivity contribution in [3.05, 3.63) is 206 Å². The fraction of sp³-hybridized carbons (Fsp3) is 0.0612. The highest BCUT2D eigenvalue weighted by Crippen LogP contribution is 2.37. The minimum atomic E-state index is -0.423. The maximum absolute atomic E-state index is 13.5. The van der Waals surface area contributed by atoms with E-state index < -0.39 is 5.78 Å². The van der Waals surface area contributed by atoms with Crippen molar-refractivity contribution in [2.45, 2.75) is 20.0 Å². The van der Waals surface area contributed by atoms with Gasteiger partial charge in [0.25, 0.3) is 0 Å². The summed E-state index contributed by atoms with van der Waals surface area (Å²) in [6.45, 7) is 2.90. The van der Waals surface area contributed by atoms with Crippen LogP contribution >= 0.6 is 46.4 Å². The second-order valence-electron chi connectivity index (χ2n) is 14.7. The van der Waals surface area contributed by atoms with E-state index in [0.29, 0.717) is 62.1 Å². The van der Waals surface area contributed by atoms with Crippen LogP contribution in [-0.2, 0) is 13.1 Å². The quantitative estimate of drug-likeness (QED) is 0.133. The summed E-state index contributed by atoms with van der Waals surface area (Å²) < 4.78 is 15.3. The van der Waals surface area contributed by atoms with Crippen LogP contribution in [0.15, 0.2) is 155 Å². The van der Waals surface area contributed by atoms with Crippen LogP contribution in [-0.4, -0.2) is 45.7 Å². The number of benzene rings is 4. The largest absolute Gasteiger partial charge is 0.508 e. The Kier molecular flexibility index (Phi) is 11.9. The molecule has 4 aromatic carbocycles. The Morgan fingerprint density at radius 1 is 0.562 bits per heavy atom. The molecule has 0 atom stereocenters. The molecule has 0 radical (unpaired) electrons. The topological polar surface area (TPSA) is 142 Å². The Bertz CT molecular complexity index is 3100. The number of ketones is 2. The number of fused-ring (bicyclic) bond motifs is 2. The second-order valence-corrected chi connectivity index (χ2v) is 16.3. The van der Waals surface area contributed by atoms with Gasteiger partial charge in [0.2, 0.25) is 23.3 Å². The highest BCUT2D eigenvalue weighted by molar-refractivity contribution is 6.37. The van der Waals surface area contributed by atoms with Gasteiger partial charge in [-0.05, 0) is 96.9 Å². The van der Waals surface area contributed by atoms with E-state index in [1.165, 1.54) is 18.5 Å². The number of aryl methyl sites for hydroxylation is 1. The number of halogens is 4. The number of phenols is 1. The summed E-state index contributed by atoms with van der Waals surface area (Å²) in [6.07, 6.45) is 9.33. The average molecular weight is 927 g/mol. The first-order valence-corrected chi connectivity index (χ1v) is 21.1. The summed E-state index contributed by atoms with van der Waals surface area (Å²) in [6, 6.07) is 32.7. The van der Waals surface area contributed by atoms with Crippen LogP contribution in [0.1, 0.15) is 48.9 Å². The summed E-state index contributed by atoms with van der Waals surface area (Å²) in [4.78, 5) is 43.3. The molecule has 0 saturated heterocycles. The van der Waals surface area contributed by atoms with Crippen LogP contribution in [0.25, 0.3) is 44.7 Å². The zero-order valence-electron chi connectivity index (χ0n) is 33.5. The van der Waals surface area contributed by atoms with Gasteiger partial charge in [0.05, 0.1) is 34.6 Å². The lowest BCUT2D eigenvalue weighted by atomic mass is 10.1. The maximum atomic E-state index is 13.5. The van der Waals surface area contributed by atoms with Gasteiger partial charge in [0.1, 0.15) is 16.1 Å². The van der Waals surface area contributed by atoms with Crippen molar-refractivity contribution in [2.24, 2.45) is 0 Å². The van der Waals surface area contributed by atoms with Gasteiger partial charge in [-0.1, -0.05) is 82.3 Å². The third-order valence-corrected chi connectivity index (χ3v) is 11.7. The van der Waals surface area contributed by atoms with Gasteiger partial charge in [-0.15, -0.1) is 0 Å². The molecule has 6 heterocycles. The summed E-state index contributed by atoms with van der Waals surface area (Å²) in [5.41, 5.74) is 6.67. The van der Waals surface area contributed by atoms with E-state index in [2.05, 4.69) is 19.9 Å². The Balaban J connectivity index is 0.000000162. The molecule has 1 N–H and O–H groups in total. The molecule has 0 unspecified atom stereocenters. The molecule has 6 aromatic heterocycles. The number of aromatic nitrogens is 6. The van der Waals surface area contributed by atoms with Crippen molar-refractivity contribution in [3.8, 4) is 28.7 Å². The van der Waals surface area contributed by atoms with E-state index >= 15 is 0 Å². The highest BCUT2D eigenvalue weighted by atomic mass is 35.5. The molecule has 10 aromatic rings. The number of pyridine rings is 2. The van der Waals surface area contributed by atoms with Gasteiger partial charge >= 0.3 is 0 Å². The van der Waals surface area contributed by atoms with Crippen molar-refractivity contribution in [2.75, 3.05) is 0 Å². The standard InChI is InChI=1S/C25H17Cl2N3O2.C24H15Cl2N3O3/c1-15-2-7-20-19(12-15)22(24(27)30(20)14-16-3-5-18(26)6-4-16)23(31)21-13-29-25(32-21)17-8-10-28-11-9-17;25-16-3-1-14(2-4-16)13-29-19-6-5-17(30)11-18(19)21(23(29)26)22(31)20-12-28-24(32-20)15-7-9-27-10-8-15/h2-13H,14H2,1H3;1-12,30H,13H2. The van der Waals surface area contributed by atoms with Gasteiger partial charge in [0, 0.05) is 69.8 Å². The van der Waals surface area contributed by atoms with Crippen molar-refractivity contribution >= 4 is 79.8 Å². The average Bonchev–Trinajstić information content (AvgIpc) is 4.11. The maximum Gasteiger partial charge on any atom is 0.233 e. The first-order valence-electron chi connectivity index (χ1n) is 19.6. The van der Waals surface area contributed by atoms with Gasteiger partial charge in [-0.25, -0.2) is 9.97 Å². The van der Waals surface area contributed by atoms with E-state index in [0.717, 1.165) is 33.2 Å². The third-order valence-electron chi connectivity index (χ3n) is 10.4. The number of carbonyl (C=O) groups is 2. The van der Waals surface area contributed by atoms with Gasteiger partial charge in [-0.3, -0.25) is 19.6 Å². The lowest BCUT2D eigenvalue weighted by Gasteiger charge is -2.08. The molecule has 10 rings (SSSR count). The third kappa shape index (κ3) is 8.54. The van der Waals surface area contributed by atoms with E-state index in [1.807, 2.05) is 70.7 Å². The lowest BCUT2D eigenvalue weighted by molar-refractivity contribution is 0.100. The molecule has 316 valence electrons. The molecule has 64 heavy (non-hydrogen) atoms. The minimum Gasteiger partial charge on any atom is -0.508 e. The molecule has 0 spiro atoms. The number of rotatable bonds is 10. The Morgan fingerprint density at radius 3 is 1.44 bits per heavy atom. The number of aromatic hydroxyl groups is 1. The number of nitrogens with zero attached hydrogens (tertiary/aromatic N) is 6. The van der Waals surface area contributed by atoms with Crippen LogP contribution < -0.4 is 0 Å². The first kappa shape index (κ1) is 42.3. The molecule has 15 heteroatoms. The van der Waals surface area contributed by atoms with Gasteiger partial charge in [-0.2, -0.15) is 0 Å². The van der Waals surface area contributed by atoms with Crippen LogP contribution in [0.3, 0.4) is 0 Å². The summed E-state index contributed by atoms with van der Waals surface area (Å²) in [5, 5.41) is 13.3. The lowest BCUT2D eigenvalue weighted by Crippen LogP contribution is -2.03. The predicted molar refractivity (Wildman–Crippen MR) is 248 cm³/mol. The highest BCUT2D eigenvalue weighted by Gasteiger charge is 2.28. The molecule has 0 aliphatic carbocycles. The molecule has 0 bridgehead atoms. The number of carbonyl (C=O) groups excluding carboxylic acids is 2. The smallest absolute Gasteiger partial charge is 0.233 e. The monoisotopic (exact) mass is 924 g/mol. The molecule has 0 aliphatic rings. The zero-order valence-corrected chi connectivity index (χ0v) is 36.6. The minimum absolute atomic E-state index is 0.0295. The SMILES string of the molecule is Cc1ccc2c(c1)c(C(=O)c1cnc(-c3ccncc3)o1)c(Cl)n2Cc1ccc(Cl)cc1.O=C(c1cnc(-c2ccncc2)o1)c1c(Cl)n(Cc2ccc(Cl)cc2)c2ccc(O)cc12. The van der Waals surface area contributed by atoms with Crippen molar-refractivity contribution in [1.29, 1.82) is 0 Å². The molecular formula is C49H32Cl4N6O5. The van der Waals surface area contributed by atoms with Crippen molar-refractivity contribution < 1.29 is 23.5 Å². The number of oxazole rings is 2. The fourth-order valence-electron chi connectivity index (χ4n) is 7.30. The first-order chi connectivity index (χ1) is 31.0. The number of hydrogen-bond acceptors (Lipinski definition) is 9. The van der Waals surface area contributed by atoms with Crippen LogP contribution in [0.5, 0.6) is 5.75 Å². The van der Waals surface area contributed by atoms with E-state index in [-0.39, 0.29) is 33.8 Å². The molecule has 11 nitrogen and oxygen atoms in total. The van der Waals surface area contributed by atoms with E-state index in [4.69, 9.17) is 55.2 Å². The second kappa shape index (κ2) is 18.0. The molecule has 0 amide bonds. The molecule has 0 saturated carbocycles. The van der Waals surface area contributed by atoms with Crippen LogP contribution in [0.4, 0.5) is 0 Å². The molecule has 0 fully saturated rings. The van der Waals surface area contributed by atoms with Crippen molar-refractivity contribution in [1.82, 2.24) is 29.1 Å². The zero-order chi connectivity index (χ0) is 44.5. The summed E-state index contributed by atoms with van der Waals surface area (Å²) >= 11 is 25.5. The Morgan fingerprint density at radius 2 is 0.984 bits per heavy atom. The Labute approximate surface area is 385 Å². The number of hydrogen-bond donors (Lipinski definition) is 1. The van der Waals surface area contributed by atoms with Crippen LogP contribution in [0.2, 0.25) is 20.4 Å². The predicted octanol–water partition coefficient (Wildman–Crippen LogP) is 12.6. The van der Waals surface area contributed by atoms with Crippen LogP contribution in [0, 0.1) is 6.92 Å². The number of phenolic OH excluding ortho intramolecular Hbond substituents is 1. The summed E-state index contributed by atoms with van der Waals surface area (Å²) in [5.74, 6) is 0.134. The van der Waals surface area contributed by atoms with Crippen molar-refractivity contribution in [3.63, 3.8) is 0 Å². The van der Waals surface area contributed by atoms with E-state index in [9.17, 15) is 14.7 Å². The molecular weight excluding hydrogens is 894 g/mol. The molecule has 0 aliphatic heterocycles. The Hall–Kier alpha value is -7.02. The van der Waals surface area contributed by atoms with Gasteiger partial charge in [0.15, 0.2) is 11.5 Å². The van der Waals surface area contributed by atoms with Gasteiger partial charge < -0.3 is 23.1 Å².